The topological polar surface area (TPSA) is 0 Å². The van der Waals surface area contributed by atoms with Crippen molar-refractivity contribution in [2.24, 2.45) is 0 Å². The van der Waals surface area contributed by atoms with Gasteiger partial charge in [0.2, 0.25) is 0 Å². The molecule has 0 fully saturated rings. The van der Waals surface area contributed by atoms with E-state index in [9.17, 15) is 0 Å². The van der Waals surface area contributed by atoms with Crippen molar-refractivity contribution in [2.45, 2.75) is 34.6 Å². The van der Waals surface area contributed by atoms with E-state index in [-0.39, 0.29) is 0 Å². The summed E-state index contributed by atoms with van der Waals surface area (Å²) < 4.78 is 0. The highest BCUT2D eigenvalue weighted by Crippen LogP contribution is 2.25. The molecule has 1 heteroatoms. The lowest BCUT2D eigenvalue weighted by Crippen LogP contribution is -1.77. The van der Waals surface area contributed by atoms with Gasteiger partial charge in [-0.25, -0.2) is 0 Å². The van der Waals surface area contributed by atoms with Gasteiger partial charge in [-0.1, -0.05) is 69.6 Å². The highest BCUT2D eigenvalue weighted by atomic mass is 35.5. The molecule has 0 atom stereocenters. The number of hydrogen-bond donors (Lipinski definition) is 0. The van der Waals surface area contributed by atoms with E-state index in [2.05, 4.69) is 13.0 Å². The van der Waals surface area contributed by atoms with Crippen LogP contribution in [0, 0.1) is 6.92 Å². The summed E-state index contributed by atoms with van der Waals surface area (Å²) in [5.41, 5.74) is 1.27. The maximum Gasteiger partial charge on any atom is 0.0484 e. The van der Waals surface area contributed by atoms with Crippen molar-refractivity contribution < 1.29 is 0 Å². The Bertz CT molecular complexity index is 378. The quantitative estimate of drug-likeness (QED) is 0.538. The molecule has 0 nitrogen and oxygen atoms in total. The fraction of sp³-hybridized carbons (Fsp3) is 0.333. The zero-order chi connectivity index (χ0) is 12.6. The smallest absolute Gasteiger partial charge is 0.0484 e. The number of rotatable bonds is 0. The minimum absolute atomic E-state index is 0.830. The van der Waals surface area contributed by atoms with Crippen LogP contribution in [0.15, 0.2) is 36.4 Å². The molecule has 2 aromatic rings. The van der Waals surface area contributed by atoms with Gasteiger partial charge in [0, 0.05) is 10.4 Å². The van der Waals surface area contributed by atoms with E-state index >= 15 is 0 Å². The fourth-order valence-electron chi connectivity index (χ4n) is 1.41. The van der Waals surface area contributed by atoms with Gasteiger partial charge in [-0.05, 0) is 23.9 Å². The molecule has 88 valence electrons. The van der Waals surface area contributed by atoms with E-state index in [1.165, 1.54) is 10.9 Å². The summed E-state index contributed by atoms with van der Waals surface area (Å²) in [4.78, 5) is 0. The molecule has 0 N–H and O–H groups in total. The summed E-state index contributed by atoms with van der Waals surface area (Å²) >= 11 is 6.03. The van der Waals surface area contributed by atoms with Crippen LogP contribution in [-0.2, 0) is 0 Å². The zero-order valence-electron chi connectivity index (χ0n) is 10.8. The third-order valence-electron chi connectivity index (χ3n) is 2.09. The molecule has 0 saturated carbocycles. The van der Waals surface area contributed by atoms with Crippen LogP contribution in [0.4, 0.5) is 0 Å². The molecule has 0 amide bonds. The first kappa shape index (κ1) is 15.0. The Morgan fingerprint density at radius 2 is 1.25 bits per heavy atom. The second-order valence-electron chi connectivity index (χ2n) is 2.91. The van der Waals surface area contributed by atoms with Crippen LogP contribution in [0.2, 0.25) is 5.02 Å². The maximum atomic E-state index is 6.03. The molecule has 0 aliphatic heterocycles. The first-order chi connectivity index (χ1) is 7.79. The SMILES string of the molecule is CC.CC.Cc1ccc(Cl)c2ccccc12. The van der Waals surface area contributed by atoms with Crippen LogP contribution in [0.5, 0.6) is 0 Å². The number of benzene rings is 2. The minimum Gasteiger partial charge on any atom is -0.0837 e. The summed E-state index contributed by atoms with van der Waals surface area (Å²) in [7, 11) is 0. The molecule has 0 unspecified atom stereocenters. The number of aryl methyl sites for hydroxylation is 1. The van der Waals surface area contributed by atoms with Crippen molar-refractivity contribution in [2.75, 3.05) is 0 Å². The van der Waals surface area contributed by atoms with Gasteiger partial charge in [0.05, 0.1) is 0 Å². The predicted molar refractivity (Wildman–Crippen MR) is 76.4 cm³/mol. The van der Waals surface area contributed by atoms with Crippen LogP contribution in [0.3, 0.4) is 0 Å². The summed E-state index contributed by atoms with van der Waals surface area (Å²) in [6.45, 7) is 10.1. The number of halogens is 1. The normalized spacial score (nSPS) is 8.62. The molecule has 2 rings (SSSR count). The number of fused-ring (bicyclic) bond motifs is 1. The van der Waals surface area contributed by atoms with Gasteiger partial charge in [-0.3, -0.25) is 0 Å². The van der Waals surface area contributed by atoms with Gasteiger partial charge in [0.1, 0.15) is 0 Å². The molecule has 0 bridgehead atoms. The van der Waals surface area contributed by atoms with Gasteiger partial charge in [-0.15, -0.1) is 0 Å². The molecule has 16 heavy (non-hydrogen) atoms. The molecule has 0 aromatic heterocycles. The molecular formula is C15H21Cl. The Morgan fingerprint density at radius 1 is 0.750 bits per heavy atom. The van der Waals surface area contributed by atoms with Crippen LogP contribution in [0.25, 0.3) is 10.8 Å². The van der Waals surface area contributed by atoms with Gasteiger partial charge in [0.25, 0.3) is 0 Å². The molecular weight excluding hydrogens is 216 g/mol. The standard InChI is InChI=1S/C11H9Cl.2C2H6/c1-8-6-7-11(12)10-5-3-2-4-9(8)10;2*1-2/h2-7H,1H3;2*1-2H3. The minimum atomic E-state index is 0.830. The molecule has 0 aliphatic rings. The highest BCUT2D eigenvalue weighted by molar-refractivity contribution is 6.35. The van der Waals surface area contributed by atoms with Gasteiger partial charge in [0.15, 0.2) is 0 Å². The van der Waals surface area contributed by atoms with E-state index < -0.39 is 0 Å². The monoisotopic (exact) mass is 236 g/mol. The maximum absolute atomic E-state index is 6.03. The fourth-order valence-corrected chi connectivity index (χ4v) is 1.64. The van der Waals surface area contributed by atoms with Crippen molar-refractivity contribution in [3.63, 3.8) is 0 Å². The lowest BCUT2D eigenvalue weighted by atomic mass is 10.1. The van der Waals surface area contributed by atoms with Crippen LogP contribution in [0.1, 0.15) is 33.3 Å². The van der Waals surface area contributed by atoms with E-state index in [1.54, 1.807) is 0 Å². The predicted octanol–water partition coefficient (Wildman–Crippen LogP) is 5.85. The summed E-state index contributed by atoms with van der Waals surface area (Å²) in [5.74, 6) is 0. The van der Waals surface area contributed by atoms with Crippen molar-refractivity contribution in [1.82, 2.24) is 0 Å². The molecule has 0 saturated heterocycles. The van der Waals surface area contributed by atoms with Crippen molar-refractivity contribution in [3.05, 3.63) is 47.0 Å². The molecule has 2 aromatic carbocycles. The Labute approximate surface area is 104 Å². The summed E-state index contributed by atoms with van der Waals surface area (Å²) in [5, 5.41) is 3.21. The summed E-state index contributed by atoms with van der Waals surface area (Å²) in [6.07, 6.45) is 0. The first-order valence-electron chi connectivity index (χ1n) is 5.93. The molecule has 0 spiro atoms. The highest BCUT2D eigenvalue weighted by Gasteiger charge is 1.98. The second-order valence-corrected chi connectivity index (χ2v) is 3.32. The third-order valence-corrected chi connectivity index (χ3v) is 2.42. The van der Waals surface area contributed by atoms with Crippen LogP contribution >= 0.6 is 11.6 Å². The lowest BCUT2D eigenvalue weighted by Gasteiger charge is -2.02. The molecule has 0 aliphatic carbocycles. The molecule has 0 radical (unpaired) electrons. The molecule has 0 heterocycles. The Hall–Kier alpha value is -1.01. The summed E-state index contributed by atoms with van der Waals surface area (Å²) in [6, 6.07) is 12.2. The zero-order valence-corrected chi connectivity index (χ0v) is 11.6. The van der Waals surface area contributed by atoms with Gasteiger partial charge < -0.3 is 0 Å². The van der Waals surface area contributed by atoms with Gasteiger partial charge >= 0.3 is 0 Å². The van der Waals surface area contributed by atoms with Gasteiger partial charge in [-0.2, -0.15) is 0 Å². The Balaban J connectivity index is 0.000000509. The van der Waals surface area contributed by atoms with E-state index in [4.69, 9.17) is 11.6 Å². The largest absolute Gasteiger partial charge is 0.0837 e. The van der Waals surface area contributed by atoms with Crippen LogP contribution < -0.4 is 0 Å². The third kappa shape index (κ3) is 3.53. The Kier molecular flexibility index (Phi) is 7.66. The van der Waals surface area contributed by atoms with E-state index in [0.717, 1.165) is 10.4 Å². The number of hydrogen-bond acceptors (Lipinski definition) is 0. The second kappa shape index (κ2) is 8.18. The Morgan fingerprint density at radius 3 is 1.75 bits per heavy atom. The average molecular weight is 237 g/mol. The van der Waals surface area contributed by atoms with E-state index in [0.29, 0.717) is 0 Å². The lowest BCUT2D eigenvalue weighted by molar-refractivity contribution is 1.50. The van der Waals surface area contributed by atoms with E-state index in [1.807, 2.05) is 58.0 Å². The van der Waals surface area contributed by atoms with Crippen molar-refractivity contribution in [1.29, 1.82) is 0 Å². The average Bonchev–Trinajstić information content (AvgIpc) is 2.39. The van der Waals surface area contributed by atoms with Crippen LogP contribution in [-0.4, -0.2) is 0 Å². The van der Waals surface area contributed by atoms with Crippen molar-refractivity contribution in [3.8, 4) is 0 Å². The first-order valence-corrected chi connectivity index (χ1v) is 6.30. The van der Waals surface area contributed by atoms with Crippen molar-refractivity contribution >= 4 is 22.4 Å².